The van der Waals surface area contributed by atoms with E-state index in [0.29, 0.717) is 73.4 Å². The quantitative estimate of drug-likeness (QED) is 0.280. The van der Waals surface area contributed by atoms with Crippen LogP contribution in [0.1, 0.15) is 6.92 Å². The van der Waals surface area contributed by atoms with Gasteiger partial charge in [0, 0.05) is 52.4 Å². The number of hydrogen-bond acceptors (Lipinski definition) is 10. The number of nitrogens with zero attached hydrogens (tertiary/aromatic N) is 8. The highest BCUT2D eigenvalue weighted by atomic mass is 19.1. The highest BCUT2D eigenvalue weighted by Gasteiger charge is 2.24. The third kappa shape index (κ3) is 4.73. The average molecular weight is 566 g/mol. The monoisotopic (exact) mass is 565 g/mol. The molecule has 214 valence electrons. The fraction of sp³-hybridized carbons (Fsp3) is 0.346. The smallest absolute Gasteiger partial charge is 0.344 e. The summed E-state index contributed by atoms with van der Waals surface area (Å²) in [4.78, 5) is 37.4. The summed E-state index contributed by atoms with van der Waals surface area (Å²) in [5.41, 5.74) is 7.71. The molecule has 6 rings (SSSR count). The van der Waals surface area contributed by atoms with Crippen molar-refractivity contribution in [1.29, 1.82) is 0 Å². The number of piperazine rings is 1. The molecule has 0 saturated carbocycles. The first-order valence-electron chi connectivity index (χ1n) is 13.0. The summed E-state index contributed by atoms with van der Waals surface area (Å²) in [6, 6.07) is 7.84. The minimum Gasteiger partial charge on any atom is -0.479 e. The fourth-order valence-electron chi connectivity index (χ4n) is 5.03. The van der Waals surface area contributed by atoms with Crippen molar-refractivity contribution >= 4 is 34.4 Å². The molecule has 0 bridgehead atoms. The van der Waals surface area contributed by atoms with Crippen molar-refractivity contribution in [3.63, 3.8) is 0 Å². The Labute approximate surface area is 232 Å². The molecule has 14 nitrogen and oxygen atoms in total. The van der Waals surface area contributed by atoms with Gasteiger partial charge >= 0.3 is 11.7 Å². The number of halogens is 1. The number of carboxylic acids is 1. The maximum Gasteiger partial charge on any atom is 0.344 e. The first-order chi connectivity index (χ1) is 19.7. The molecule has 3 N–H and O–H groups in total. The lowest BCUT2D eigenvalue weighted by atomic mass is 10.2. The van der Waals surface area contributed by atoms with Crippen LogP contribution in [0.3, 0.4) is 0 Å². The Morgan fingerprint density at radius 3 is 2.63 bits per heavy atom. The molecule has 1 atom stereocenters. The van der Waals surface area contributed by atoms with Gasteiger partial charge in [-0.2, -0.15) is 9.50 Å². The first-order valence-corrected chi connectivity index (χ1v) is 13.0. The van der Waals surface area contributed by atoms with E-state index in [1.54, 1.807) is 35.9 Å². The average Bonchev–Trinajstić information content (AvgIpc) is 3.68. The second-order valence-electron chi connectivity index (χ2n) is 9.82. The van der Waals surface area contributed by atoms with Gasteiger partial charge in [-0.3, -0.25) is 14.0 Å². The van der Waals surface area contributed by atoms with Gasteiger partial charge in [0.05, 0.1) is 12.0 Å². The molecule has 5 heterocycles. The molecule has 5 aromatic rings. The number of carbonyl (C=O) groups is 1. The van der Waals surface area contributed by atoms with E-state index in [1.807, 2.05) is 4.90 Å². The van der Waals surface area contributed by atoms with Crippen LogP contribution in [0.2, 0.25) is 0 Å². The molecule has 1 aromatic carbocycles. The minimum absolute atomic E-state index is 0.0987. The van der Waals surface area contributed by atoms with E-state index < -0.39 is 17.9 Å². The van der Waals surface area contributed by atoms with E-state index in [4.69, 9.17) is 20.0 Å². The SMILES string of the molecule is C[C@@H](Oc1ccc(N2CCN(CCn3c(=O)n(C)c4c3nc(N)n3nc(-c5ccco5)nc43)CC2)c(F)c1)C(=O)O. The standard InChI is InChI=1S/C26H28FN9O5/c1-15(24(37)38)41-16-5-6-18(17(27)14-16)34-10-7-33(8-11-34)9-12-35-22-20(32(2)26(35)39)23-29-21(19-4-3-13-40-19)31-36(23)25(28)30-22/h3-6,13-15H,7-12H2,1-2H3,(H2,28,30)(H,37,38)/t15-/m1/s1. The number of aryl methyl sites for hydroxylation is 1. The number of rotatable bonds is 8. The Morgan fingerprint density at radius 2 is 1.95 bits per heavy atom. The first kappa shape index (κ1) is 26.3. The Balaban J connectivity index is 1.16. The van der Waals surface area contributed by atoms with Crippen molar-refractivity contribution in [3.8, 4) is 17.3 Å². The number of nitrogen functional groups attached to an aromatic ring is 1. The van der Waals surface area contributed by atoms with Crippen molar-refractivity contribution in [1.82, 2.24) is 33.6 Å². The molecule has 0 amide bonds. The molecule has 4 aromatic heterocycles. The molecular formula is C26H28FN9O5. The third-order valence-corrected chi connectivity index (χ3v) is 7.25. The largest absolute Gasteiger partial charge is 0.479 e. The zero-order valence-electron chi connectivity index (χ0n) is 22.4. The summed E-state index contributed by atoms with van der Waals surface area (Å²) in [6.45, 7) is 4.81. The number of aliphatic carboxylic acids is 1. The van der Waals surface area contributed by atoms with Crippen LogP contribution in [0.5, 0.6) is 5.75 Å². The third-order valence-electron chi connectivity index (χ3n) is 7.25. The van der Waals surface area contributed by atoms with Gasteiger partial charge in [-0.25, -0.2) is 19.0 Å². The lowest BCUT2D eigenvalue weighted by molar-refractivity contribution is -0.144. The number of nitrogens with two attached hydrogens (primary N) is 1. The summed E-state index contributed by atoms with van der Waals surface area (Å²) in [5, 5.41) is 13.4. The van der Waals surface area contributed by atoms with Crippen molar-refractivity contribution in [2.24, 2.45) is 7.05 Å². The van der Waals surface area contributed by atoms with Crippen LogP contribution >= 0.6 is 0 Å². The maximum atomic E-state index is 14.8. The van der Waals surface area contributed by atoms with Crippen LogP contribution in [0.4, 0.5) is 16.0 Å². The van der Waals surface area contributed by atoms with E-state index >= 15 is 0 Å². The highest BCUT2D eigenvalue weighted by Crippen LogP contribution is 2.26. The molecule has 41 heavy (non-hydrogen) atoms. The highest BCUT2D eigenvalue weighted by molar-refractivity contribution is 5.88. The van der Waals surface area contributed by atoms with Gasteiger partial charge in [0.2, 0.25) is 11.8 Å². The van der Waals surface area contributed by atoms with Crippen molar-refractivity contribution in [2.45, 2.75) is 19.6 Å². The van der Waals surface area contributed by atoms with Crippen LogP contribution < -0.4 is 21.1 Å². The molecule has 0 aliphatic carbocycles. The number of furan rings is 1. The summed E-state index contributed by atoms with van der Waals surface area (Å²) >= 11 is 0. The van der Waals surface area contributed by atoms with Gasteiger partial charge < -0.3 is 24.9 Å². The zero-order chi connectivity index (χ0) is 28.8. The fourth-order valence-corrected chi connectivity index (χ4v) is 5.03. The van der Waals surface area contributed by atoms with Crippen molar-refractivity contribution in [2.75, 3.05) is 43.4 Å². The summed E-state index contributed by atoms with van der Waals surface area (Å²) in [5.74, 6) is -0.530. The second-order valence-corrected chi connectivity index (χ2v) is 9.82. The number of imidazole rings is 1. The normalized spacial score (nSPS) is 15.1. The zero-order valence-corrected chi connectivity index (χ0v) is 22.4. The summed E-state index contributed by atoms with van der Waals surface area (Å²) in [6.07, 6.45) is 0.447. The van der Waals surface area contributed by atoms with E-state index in [1.165, 1.54) is 28.3 Å². The van der Waals surface area contributed by atoms with Crippen molar-refractivity contribution < 1.29 is 23.4 Å². The molecule has 1 fully saturated rings. The van der Waals surface area contributed by atoms with Gasteiger partial charge in [-0.1, -0.05) is 0 Å². The Morgan fingerprint density at radius 1 is 1.17 bits per heavy atom. The molecule has 0 radical (unpaired) electrons. The van der Waals surface area contributed by atoms with Crippen LogP contribution in [0.25, 0.3) is 28.4 Å². The number of aromatic nitrogens is 6. The van der Waals surface area contributed by atoms with E-state index in [2.05, 4.69) is 20.0 Å². The molecule has 1 aliphatic rings. The number of ether oxygens (including phenoxy) is 1. The number of anilines is 2. The van der Waals surface area contributed by atoms with Gasteiger partial charge in [0.1, 0.15) is 17.1 Å². The second kappa shape index (κ2) is 10.2. The Hall–Kier alpha value is -4.92. The number of fused-ring (bicyclic) bond motifs is 3. The van der Waals surface area contributed by atoms with Gasteiger partial charge in [0.25, 0.3) is 0 Å². The van der Waals surface area contributed by atoms with Gasteiger partial charge in [0.15, 0.2) is 23.2 Å². The van der Waals surface area contributed by atoms with Gasteiger partial charge in [-0.15, -0.1) is 5.10 Å². The molecule has 15 heteroatoms. The lowest BCUT2D eigenvalue weighted by Gasteiger charge is -2.36. The van der Waals surface area contributed by atoms with Crippen LogP contribution in [0, 0.1) is 5.82 Å². The topological polar surface area (TPSA) is 162 Å². The maximum absolute atomic E-state index is 14.8. The van der Waals surface area contributed by atoms with Crippen molar-refractivity contribution in [3.05, 3.63) is 52.9 Å². The van der Waals surface area contributed by atoms with Gasteiger partial charge in [-0.05, 0) is 31.2 Å². The molecular weight excluding hydrogens is 537 g/mol. The van der Waals surface area contributed by atoms with Crippen LogP contribution in [-0.4, -0.2) is 83.5 Å². The van der Waals surface area contributed by atoms with Crippen LogP contribution in [0.15, 0.2) is 45.8 Å². The van der Waals surface area contributed by atoms with E-state index in [0.717, 1.165) is 0 Å². The predicted octanol–water partition coefficient (Wildman–Crippen LogP) is 1.43. The number of carboxylic acid groups (broad SMARTS) is 1. The summed E-state index contributed by atoms with van der Waals surface area (Å²) in [7, 11) is 1.66. The molecule has 1 saturated heterocycles. The molecule has 0 unspecified atom stereocenters. The predicted molar refractivity (Wildman–Crippen MR) is 146 cm³/mol. The number of benzene rings is 1. The molecule has 0 spiro atoms. The Kier molecular flexibility index (Phi) is 6.57. The minimum atomic E-state index is -1.12. The van der Waals surface area contributed by atoms with E-state index in [9.17, 15) is 14.0 Å². The summed E-state index contributed by atoms with van der Waals surface area (Å²) < 4.78 is 29.9. The number of hydrogen-bond donors (Lipinski definition) is 2. The Bertz CT molecular complexity index is 1800. The van der Waals surface area contributed by atoms with E-state index in [-0.39, 0.29) is 17.4 Å². The molecule has 1 aliphatic heterocycles. The van der Waals surface area contributed by atoms with Crippen LogP contribution in [-0.2, 0) is 18.4 Å². The lowest BCUT2D eigenvalue weighted by Crippen LogP contribution is -2.47.